The van der Waals surface area contributed by atoms with Crippen molar-refractivity contribution in [3.63, 3.8) is 0 Å². The summed E-state index contributed by atoms with van der Waals surface area (Å²) in [6.07, 6.45) is 4.47. The molecular formula is C19H30O3. The van der Waals surface area contributed by atoms with Crippen LogP contribution < -0.4 is 0 Å². The number of rotatable bonds is 7. The van der Waals surface area contributed by atoms with Crippen LogP contribution in [0.1, 0.15) is 70.1 Å². The van der Waals surface area contributed by atoms with Gasteiger partial charge in [0.15, 0.2) is 0 Å². The van der Waals surface area contributed by atoms with E-state index < -0.39 is 0 Å². The van der Waals surface area contributed by atoms with Crippen LogP contribution in [0.2, 0.25) is 0 Å². The second-order valence-electron chi connectivity index (χ2n) is 7.01. The molecule has 0 aliphatic heterocycles. The highest BCUT2D eigenvalue weighted by molar-refractivity contribution is 5.74. The number of carbonyl (C=O) groups is 1. The average molecular weight is 306 g/mol. The molecule has 3 nitrogen and oxygen atoms in total. The summed E-state index contributed by atoms with van der Waals surface area (Å²) in [4.78, 5) is 11.9. The van der Waals surface area contributed by atoms with Crippen LogP contribution in [0.15, 0.2) is 12.1 Å². The lowest BCUT2D eigenvalue weighted by molar-refractivity contribution is -0.143. The number of aryl methyl sites for hydroxylation is 1. The van der Waals surface area contributed by atoms with Gasteiger partial charge in [0.2, 0.25) is 0 Å². The van der Waals surface area contributed by atoms with Crippen molar-refractivity contribution in [1.29, 1.82) is 0 Å². The van der Waals surface area contributed by atoms with E-state index in [0.29, 0.717) is 12.2 Å². The summed E-state index contributed by atoms with van der Waals surface area (Å²) in [6.45, 7) is 10.8. The van der Waals surface area contributed by atoms with Gasteiger partial charge in [-0.15, -0.1) is 0 Å². The molecule has 0 radical (unpaired) electrons. The number of unbranched alkanes of at least 4 members (excludes halogenated alkanes) is 3. The van der Waals surface area contributed by atoms with Crippen molar-refractivity contribution in [3.8, 4) is 5.75 Å². The highest BCUT2D eigenvalue weighted by atomic mass is 16.5. The van der Waals surface area contributed by atoms with Crippen LogP contribution in [0.4, 0.5) is 0 Å². The van der Waals surface area contributed by atoms with Crippen molar-refractivity contribution in [1.82, 2.24) is 0 Å². The molecule has 1 aromatic carbocycles. The molecule has 0 heterocycles. The summed E-state index contributed by atoms with van der Waals surface area (Å²) in [7, 11) is 0. The Hall–Kier alpha value is -1.51. The first-order valence-electron chi connectivity index (χ1n) is 8.24. The molecule has 124 valence electrons. The zero-order valence-electron chi connectivity index (χ0n) is 14.7. The van der Waals surface area contributed by atoms with E-state index in [0.717, 1.165) is 24.0 Å². The monoisotopic (exact) mass is 306 g/mol. The van der Waals surface area contributed by atoms with Gasteiger partial charge in [0, 0.05) is 5.56 Å². The van der Waals surface area contributed by atoms with Crippen molar-refractivity contribution in [2.24, 2.45) is 0 Å². The third-order valence-corrected chi connectivity index (χ3v) is 3.84. The van der Waals surface area contributed by atoms with Crippen LogP contribution in [0.3, 0.4) is 0 Å². The Morgan fingerprint density at radius 1 is 1.18 bits per heavy atom. The molecule has 0 fully saturated rings. The molecule has 3 heteroatoms. The van der Waals surface area contributed by atoms with Gasteiger partial charge in [-0.2, -0.15) is 0 Å². The summed E-state index contributed by atoms with van der Waals surface area (Å²) in [5.74, 6) is -0.0619. The number of benzene rings is 1. The minimum atomic E-state index is -0.266. The van der Waals surface area contributed by atoms with Gasteiger partial charge in [0.05, 0.1) is 13.0 Å². The van der Waals surface area contributed by atoms with E-state index in [4.69, 9.17) is 4.74 Å². The van der Waals surface area contributed by atoms with Crippen LogP contribution >= 0.6 is 0 Å². The zero-order chi connectivity index (χ0) is 16.8. The van der Waals surface area contributed by atoms with Gasteiger partial charge in [-0.3, -0.25) is 4.79 Å². The highest BCUT2D eigenvalue weighted by Gasteiger charge is 2.19. The van der Waals surface area contributed by atoms with Crippen LogP contribution in [0, 0.1) is 6.92 Å². The van der Waals surface area contributed by atoms with Gasteiger partial charge in [-0.1, -0.05) is 59.1 Å². The Labute approximate surface area is 134 Å². The largest absolute Gasteiger partial charge is 0.507 e. The first-order valence-corrected chi connectivity index (χ1v) is 8.24. The van der Waals surface area contributed by atoms with Crippen LogP contribution in [-0.2, 0) is 21.4 Å². The van der Waals surface area contributed by atoms with Gasteiger partial charge >= 0.3 is 5.97 Å². The summed E-state index contributed by atoms with van der Waals surface area (Å²) in [5.41, 5.74) is 2.56. The summed E-state index contributed by atoms with van der Waals surface area (Å²) in [6, 6.07) is 3.90. The van der Waals surface area contributed by atoms with Gasteiger partial charge in [-0.25, -0.2) is 0 Å². The number of phenolic OH excluding ortho intramolecular Hbond substituents is 1. The Balaban J connectivity index is 2.68. The number of ether oxygens (including phenoxy) is 1. The highest BCUT2D eigenvalue weighted by Crippen LogP contribution is 2.31. The Morgan fingerprint density at radius 2 is 1.86 bits per heavy atom. The molecule has 0 spiro atoms. The number of phenols is 1. The molecule has 0 aliphatic rings. The lowest BCUT2D eigenvalue weighted by Gasteiger charge is -2.21. The SMILES string of the molecule is CCCCCCOC(=O)Cc1cc(C(C)(C)C)cc(C)c1O. The smallest absolute Gasteiger partial charge is 0.310 e. The molecule has 0 aliphatic carbocycles. The fourth-order valence-corrected chi connectivity index (χ4v) is 2.34. The maximum absolute atomic E-state index is 11.9. The van der Waals surface area contributed by atoms with E-state index in [1.807, 2.05) is 19.1 Å². The van der Waals surface area contributed by atoms with E-state index in [9.17, 15) is 9.90 Å². The number of esters is 1. The predicted molar refractivity (Wildman–Crippen MR) is 90.3 cm³/mol. The third-order valence-electron chi connectivity index (χ3n) is 3.84. The van der Waals surface area contributed by atoms with Crippen LogP contribution in [0.5, 0.6) is 5.75 Å². The molecule has 0 amide bonds. The second kappa shape index (κ2) is 8.21. The number of hydrogen-bond acceptors (Lipinski definition) is 3. The third kappa shape index (κ3) is 5.70. The summed E-state index contributed by atoms with van der Waals surface area (Å²) < 4.78 is 5.26. The van der Waals surface area contributed by atoms with E-state index in [-0.39, 0.29) is 23.6 Å². The Bertz CT molecular complexity index is 498. The normalized spacial score (nSPS) is 11.5. The average Bonchev–Trinajstić information content (AvgIpc) is 2.42. The molecule has 0 unspecified atom stereocenters. The fraction of sp³-hybridized carbons (Fsp3) is 0.632. The topological polar surface area (TPSA) is 46.5 Å². The van der Waals surface area contributed by atoms with Crippen molar-refractivity contribution in [2.45, 2.75) is 72.1 Å². The first kappa shape index (κ1) is 18.5. The van der Waals surface area contributed by atoms with Gasteiger partial charge in [0.1, 0.15) is 5.75 Å². The fourth-order valence-electron chi connectivity index (χ4n) is 2.34. The zero-order valence-corrected chi connectivity index (χ0v) is 14.7. The summed E-state index contributed by atoms with van der Waals surface area (Å²) in [5, 5.41) is 10.2. The maximum atomic E-state index is 11.9. The Morgan fingerprint density at radius 3 is 2.45 bits per heavy atom. The quantitative estimate of drug-likeness (QED) is 0.588. The number of hydrogen-bond donors (Lipinski definition) is 1. The van der Waals surface area contributed by atoms with E-state index >= 15 is 0 Å². The lowest BCUT2D eigenvalue weighted by Crippen LogP contribution is -2.14. The van der Waals surface area contributed by atoms with Crippen molar-refractivity contribution < 1.29 is 14.6 Å². The molecule has 0 atom stereocenters. The second-order valence-corrected chi connectivity index (χ2v) is 7.01. The van der Waals surface area contributed by atoms with Crippen LogP contribution in [-0.4, -0.2) is 17.7 Å². The van der Waals surface area contributed by atoms with Gasteiger partial charge in [0.25, 0.3) is 0 Å². The molecule has 22 heavy (non-hydrogen) atoms. The van der Waals surface area contributed by atoms with Gasteiger partial charge < -0.3 is 9.84 Å². The molecule has 0 bridgehead atoms. The molecular weight excluding hydrogens is 276 g/mol. The number of carbonyl (C=O) groups excluding carboxylic acids is 1. The molecule has 0 saturated carbocycles. The van der Waals surface area contributed by atoms with Crippen LogP contribution in [0.25, 0.3) is 0 Å². The van der Waals surface area contributed by atoms with Gasteiger partial charge in [-0.05, 0) is 29.9 Å². The molecule has 0 aromatic heterocycles. The predicted octanol–water partition coefficient (Wildman–Crippen LogP) is 4.66. The minimum Gasteiger partial charge on any atom is -0.507 e. The number of aromatic hydroxyl groups is 1. The van der Waals surface area contributed by atoms with Crippen molar-refractivity contribution in [3.05, 3.63) is 28.8 Å². The molecule has 1 aromatic rings. The molecule has 1 N–H and O–H groups in total. The van der Waals surface area contributed by atoms with Crippen molar-refractivity contribution in [2.75, 3.05) is 6.61 Å². The maximum Gasteiger partial charge on any atom is 0.310 e. The first-order chi connectivity index (χ1) is 10.3. The minimum absolute atomic E-state index is 0.0166. The van der Waals surface area contributed by atoms with E-state index in [2.05, 4.69) is 27.7 Å². The molecule has 0 saturated heterocycles. The standard InChI is InChI=1S/C19H30O3/c1-6-7-8-9-10-22-17(20)13-15-12-16(19(3,4)5)11-14(2)18(15)21/h11-12,21H,6-10,13H2,1-5H3. The Kier molecular flexibility index (Phi) is 6.92. The summed E-state index contributed by atoms with van der Waals surface area (Å²) >= 11 is 0. The molecule has 1 rings (SSSR count). The van der Waals surface area contributed by atoms with E-state index in [1.54, 1.807) is 0 Å². The lowest BCUT2D eigenvalue weighted by atomic mass is 9.84. The van der Waals surface area contributed by atoms with Crippen molar-refractivity contribution >= 4 is 5.97 Å². The van der Waals surface area contributed by atoms with E-state index in [1.165, 1.54) is 12.8 Å².